The molecule has 2 aromatic carbocycles. The average Bonchev–Trinajstić information content (AvgIpc) is 2.50. The highest BCUT2D eigenvalue weighted by molar-refractivity contribution is 6.31. The molecule has 0 aromatic heterocycles. The van der Waals surface area contributed by atoms with Gasteiger partial charge < -0.3 is 15.8 Å². The Morgan fingerprint density at radius 2 is 2.04 bits per heavy atom. The summed E-state index contributed by atoms with van der Waals surface area (Å²) >= 11 is 6.13. The molecule has 6 heteroatoms. The molecule has 1 aliphatic rings. The fourth-order valence-corrected chi connectivity index (χ4v) is 3.27. The number of carbonyl (C=O) groups excluding carboxylic acids is 1. The topological polar surface area (TPSA) is 64.3 Å². The van der Waals surface area contributed by atoms with Crippen molar-refractivity contribution in [1.29, 1.82) is 0 Å². The lowest BCUT2D eigenvalue weighted by atomic mass is 9.89. The molecule has 1 unspecified atom stereocenters. The summed E-state index contributed by atoms with van der Waals surface area (Å²) in [4.78, 5) is 12.7. The lowest BCUT2D eigenvalue weighted by Crippen LogP contribution is -2.41. The third-order valence-electron chi connectivity index (χ3n) is 4.31. The van der Waals surface area contributed by atoms with E-state index in [9.17, 15) is 4.79 Å². The van der Waals surface area contributed by atoms with Crippen LogP contribution in [0, 0.1) is 6.92 Å². The molecule has 134 valence electrons. The molecule has 0 fully saturated rings. The van der Waals surface area contributed by atoms with Gasteiger partial charge in [-0.3, -0.25) is 4.79 Å². The third kappa shape index (κ3) is 4.02. The van der Waals surface area contributed by atoms with Crippen LogP contribution in [-0.2, 0) is 0 Å². The van der Waals surface area contributed by atoms with E-state index in [1.54, 1.807) is 24.3 Å². The van der Waals surface area contributed by atoms with Gasteiger partial charge in [0.25, 0.3) is 5.91 Å². The minimum Gasteiger partial charge on any atom is -0.487 e. The Morgan fingerprint density at radius 3 is 2.76 bits per heavy atom. The first-order valence-electron chi connectivity index (χ1n) is 7.91. The monoisotopic (exact) mass is 380 g/mol. The van der Waals surface area contributed by atoms with Gasteiger partial charge in [-0.15, -0.1) is 12.4 Å². The second-order valence-electron chi connectivity index (χ2n) is 6.80. The second kappa shape index (κ2) is 7.14. The number of halogens is 2. The van der Waals surface area contributed by atoms with Crippen molar-refractivity contribution in [3.05, 3.63) is 58.1 Å². The van der Waals surface area contributed by atoms with Crippen LogP contribution in [0.3, 0.4) is 0 Å². The number of nitrogens with two attached hydrogens (primary N) is 1. The van der Waals surface area contributed by atoms with E-state index >= 15 is 0 Å². The van der Waals surface area contributed by atoms with Crippen molar-refractivity contribution in [2.75, 3.05) is 5.73 Å². The maximum absolute atomic E-state index is 12.7. The Hall–Kier alpha value is -1.91. The molecule has 1 aliphatic heterocycles. The number of nitrogen functional groups attached to an aromatic ring is 1. The first kappa shape index (κ1) is 19.4. The number of nitrogens with one attached hydrogen (secondary N) is 1. The molecule has 0 saturated heterocycles. The van der Waals surface area contributed by atoms with Crippen LogP contribution in [0.5, 0.6) is 5.75 Å². The van der Waals surface area contributed by atoms with Crippen LogP contribution in [-0.4, -0.2) is 11.5 Å². The van der Waals surface area contributed by atoms with Crippen LogP contribution >= 0.6 is 24.0 Å². The van der Waals surface area contributed by atoms with E-state index in [0.717, 1.165) is 16.9 Å². The van der Waals surface area contributed by atoms with Gasteiger partial charge >= 0.3 is 0 Å². The van der Waals surface area contributed by atoms with E-state index in [0.29, 0.717) is 22.7 Å². The summed E-state index contributed by atoms with van der Waals surface area (Å²) in [6, 6.07) is 10.7. The third-order valence-corrected chi connectivity index (χ3v) is 4.72. The van der Waals surface area contributed by atoms with E-state index in [1.165, 1.54) is 0 Å². The van der Waals surface area contributed by atoms with E-state index in [-0.39, 0.29) is 30.0 Å². The fourth-order valence-electron chi connectivity index (χ4n) is 3.09. The van der Waals surface area contributed by atoms with E-state index in [2.05, 4.69) is 5.32 Å². The zero-order valence-electron chi connectivity index (χ0n) is 14.4. The Balaban J connectivity index is 0.00000225. The summed E-state index contributed by atoms with van der Waals surface area (Å²) in [6.07, 6.45) is 0.662. The predicted molar refractivity (Wildman–Crippen MR) is 104 cm³/mol. The lowest BCUT2D eigenvalue weighted by Gasteiger charge is -2.38. The average molecular weight is 381 g/mol. The molecule has 0 bridgehead atoms. The summed E-state index contributed by atoms with van der Waals surface area (Å²) < 4.78 is 6.01. The molecule has 0 saturated carbocycles. The highest BCUT2D eigenvalue weighted by atomic mass is 35.5. The molecule has 3 N–H and O–H groups in total. The number of ether oxygens (including phenoxy) is 1. The highest BCUT2D eigenvalue weighted by Gasteiger charge is 2.35. The largest absolute Gasteiger partial charge is 0.487 e. The molecule has 2 aromatic rings. The number of fused-ring (bicyclic) bond motifs is 1. The van der Waals surface area contributed by atoms with Crippen molar-refractivity contribution >= 4 is 35.6 Å². The first-order chi connectivity index (χ1) is 11.3. The van der Waals surface area contributed by atoms with Crippen molar-refractivity contribution in [3.63, 3.8) is 0 Å². The van der Waals surface area contributed by atoms with Gasteiger partial charge in [0.15, 0.2) is 0 Å². The summed E-state index contributed by atoms with van der Waals surface area (Å²) in [5.41, 5.74) is 8.45. The maximum Gasteiger partial charge on any atom is 0.252 e. The summed E-state index contributed by atoms with van der Waals surface area (Å²) in [5.74, 6) is 0.611. The quantitative estimate of drug-likeness (QED) is 0.742. The Bertz CT molecular complexity index is 806. The molecule has 0 aliphatic carbocycles. The van der Waals surface area contributed by atoms with Crippen LogP contribution in [0.15, 0.2) is 36.4 Å². The van der Waals surface area contributed by atoms with Crippen molar-refractivity contribution in [1.82, 2.24) is 5.32 Å². The van der Waals surface area contributed by atoms with Crippen molar-refractivity contribution in [2.24, 2.45) is 0 Å². The summed E-state index contributed by atoms with van der Waals surface area (Å²) in [7, 11) is 0. The van der Waals surface area contributed by atoms with Crippen molar-refractivity contribution < 1.29 is 9.53 Å². The Morgan fingerprint density at radius 1 is 1.32 bits per heavy atom. The van der Waals surface area contributed by atoms with Crippen molar-refractivity contribution in [2.45, 2.75) is 38.8 Å². The van der Waals surface area contributed by atoms with Gasteiger partial charge in [-0.05, 0) is 56.7 Å². The zero-order chi connectivity index (χ0) is 17.5. The SMILES string of the molecule is Cc1c(Cl)cccc1C(=O)NC1CC(C)(C)Oc2ccc(N)cc21.Cl. The molecule has 4 nitrogen and oxygen atoms in total. The lowest BCUT2D eigenvalue weighted by molar-refractivity contribution is 0.0620. The van der Waals surface area contributed by atoms with Crippen LogP contribution < -0.4 is 15.8 Å². The van der Waals surface area contributed by atoms with Gasteiger partial charge in [0.05, 0.1) is 6.04 Å². The van der Waals surface area contributed by atoms with Gasteiger partial charge in [0.1, 0.15) is 11.4 Å². The number of anilines is 1. The number of amides is 1. The van der Waals surface area contributed by atoms with E-state index in [4.69, 9.17) is 22.1 Å². The molecule has 1 atom stereocenters. The normalized spacial score (nSPS) is 17.7. The number of rotatable bonds is 2. The molecule has 3 rings (SSSR count). The van der Waals surface area contributed by atoms with Gasteiger partial charge in [-0.25, -0.2) is 0 Å². The van der Waals surface area contributed by atoms with Crippen LogP contribution in [0.4, 0.5) is 5.69 Å². The molecular formula is C19H22Cl2N2O2. The highest BCUT2D eigenvalue weighted by Crippen LogP contribution is 2.40. The molecular weight excluding hydrogens is 359 g/mol. The summed E-state index contributed by atoms with van der Waals surface area (Å²) in [5, 5.41) is 3.69. The smallest absolute Gasteiger partial charge is 0.252 e. The standard InChI is InChI=1S/C19H21ClN2O2.ClH/c1-11-13(5-4-6-15(11)20)18(23)22-16-10-19(2,3)24-17-8-7-12(21)9-14(16)17;/h4-9,16H,10,21H2,1-3H3,(H,22,23);1H. The van der Waals surface area contributed by atoms with E-state index < -0.39 is 0 Å². The fraction of sp³-hybridized carbons (Fsp3) is 0.316. The van der Waals surface area contributed by atoms with Gasteiger partial charge in [0.2, 0.25) is 0 Å². The minimum absolute atomic E-state index is 0. The Labute approximate surface area is 159 Å². The van der Waals surface area contributed by atoms with Gasteiger partial charge in [0, 0.05) is 28.3 Å². The molecule has 0 spiro atoms. The molecule has 0 radical (unpaired) electrons. The molecule has 25 heavy (non-hydrogen) atoms. The van der Waals surface area contributed by atoms with Crippen LogP contribution in [0.2, 0.25) is 5.02 Å². The summed E-state index contributed by atoms with van der Waals surface area (Å²) in [6.45, 7) is 5.86. The van der Waals surface area contributed by atoms with Crippen LogP contribution in [0.25, 0.3) is 0 Å². The number of carbonyl (C=O) groups is 1. The predicted octanol–water partition coefficient (Wildman–Crippen LogP) is 4.68. The molecule has 1 heterocycles. The maximum atomic E-state index is 12.7. The molecule has 1 amide bonds. The number of benzene rings is 2. The van der Waals surface area contributed by atoms with Gasteiger partial charge in [-0.2, -0.15) is 0 Å². The Kier molecular flexibility index (Phi) is 5.55. The van der Waals surface area contributed by atoms with Crippen molar-refractivity contribution in [3.8, 4) is 5.75 Å². The van der Waals surface area contributed by atoms with Gasteiger partial charge in [-0.1, -0.05) is 17.7 Å². The van der Waals surface area contributed by atoms with Crippen LogP contribution in [0.1, 0.15) is 47.8 Å². The number of hydrogen-bond donors (Lipinski definition) is 2. The number of hydrogen-bond acceptors (Lipinski definition) is 3. The minimum atomic E-state index is -0.371. The van der Waals surface area contributed by atoms with E-state index in [1.807, 2.05) is 32.9 Å². The zero-order valence-corrected chi connectivity index (χ0v) is 16.0. The second-order valence-corrected chi connectivity index (χ2v) is 7.21. The first-order valence-corrected chi connectivity index (χ1v) is 8.29.